The Morgan fingerprint density at radius 1 is 1.35 bits per heavy atom. The molecule has 1 saturated heterocycles. The van der Waals surface area contributed by atoms with E-state index in [0.29, 0.717) is 5.15 Å². The first-order chi connectivity index (χ1) is 9.63. The van der Waals surface area contributed by atoms with Gasteiger partial charge in [0, 0.05) is 31.4 Å². The van der Waals surface area contributed by atoms with Crippen molar-refractivity contribution in [3.8, 4) is 0 Å². The lowest BCUT2D eigenvalue weighted by Crippen LogP contribution is -2.34. The Balaban J connectivity index is 1.96. The molecule has 7 heteroatoms. The SMILES string of the molecule is Cn1cc([C@H]2CCCCN2c2cc(Cl)nc(N)n2)cn1. The highest BCUT2D eigenvalue weighted by molar-refractivity contribution is 6.29. The third kappa shape index (κ3) is 2.56. The summed E-state index contributed by atoms with van der Waals surface area (Å²) < 4.78 is 1.82. The predicted octanol–water partition coefficient (Wildman–Crippen LogP) is 2.18. The van der Waals surface area contributed by atoms with Gasteiger partial charge >= 0.3 is 0 Å². The molecule has 0 spiro atoms. The number of halogens is 1. The van der Waals surface area contributed by atoms with Gasteiger partial charge in [0.25, 0.3) is 0 Å². The molecule has 1 aliphatic rings. The van der Waals surface area contributed by atoms with Crippen molar-refractivity contribution in [2.24, 2.45) is 7.05 Å². The van der Waals surface area contributed by atoms with E-state index in [1.807, 2.05) is 17.9 Å². The summed E-state index contributed by atoms with van der Waals surface area (Å²) in [5, 5.41) is 4.64. The van der Waals surface area contributed by atoms with Crippen LogP contribution in [-0.4, -0.2) is 26.3 Å². The first kappa shape index (κ1) is 13.2. The van der Waals surface area contributed by atoms with Crippen LogP contribution in [0.4, 0.5) is 11.8 Å². The number of hydrogen-bond donors (Lipinski definition) is 1. The molecule has 1 fully saturated rings. The van der Waals surface area contributed by atoms with Crippen molar-refractivity contribution in [2.45, 2.75) is 25.3 Å². The Kier molecular flexibility index (Phi) is 3.48. The minimum Gasteiger partial charge on any atom is -0.368 e. The van der Waals surface area contributed by atoms with Crippen LogP contribution in [0.25, 0.3) is 0 Å². The maximum absolute atomic E-state index is 5.99. The van der Waals surface area contributed by atoms with E-state index in [0.717, 1.165) is 25.2 Å². The number of nitrogen functional groups attached to an aromatic ring is 1. The van der Waals surface area contributed by atoms with Gasteiger partial charge in [0.2, 0.25) is 5.95 Å². The van der Waals surface area contributed by atoms with Gasteiger partial charge in [-0.25, -0.2) is 4.98 Å². The van der Waals surface area contributed by atoms with E-state index in [1.54, 1.807) is 6.07 Å². The zero-order valence-corrected chi connectivity index (χ0v) is 12.1. The molecule has 2 aromatic rings. The van der Waals surface area contributed by atoms with Gasteiger partial charge in [-0.1, -0.05) is 11.6 Å². The van der Waals surface area contributed by atoms with Crippen LogP contribution in [-0.2, 0) is 7.05 Å². The molecule has 1 aliphatic heterocycles. The quantitative estimate of drug-likeness (QED) is 0.859. The van der Waals surface area contributed by atoms with Crippen molar-refractivity contribution in [3.63, 3.8) is 0 Å². The summed E-state index contributed by atoms with van der Waals surface area (Å²) in [6.45, 7) is 0.937. The minimum absolute atomic E-state index is 0.211. The van der Waals surface area contributed by atoms with Crippen molar-refractivity contribution < 1.29 is 0 Å². The number of anilines is 2. The molecule has 0 aliphatic carbocycles. The second-order valence-electron chi connectivity index (χ2n) is 5.06. The fraction of sp³-hybridized carbons (Fsp3) is 0.462. The van der Waals surface area contributed by atoms with Gasteiger partial charge in [-0.3, -0.25) is 4.68 Å². The second-order valence-corrected chi connectivity index (χ2v) is 5.45. The molecule has 6 nitrogen and oxygen atoms in total. The van der Waals surface area contributed by atoms with E-state index in [1.165, 1.54) is 12.0 Å². The molecule has 1 atom stereocenters. The third-order valence-corrected chi connectivity index (χ3v) is 3.80. The highest BCUT2D eigenvalue weighted by Crippen LogP contribution is 2.34. The Morgan fingerprint density at radius 2 is 2.20 bits per heavy atom. The molecule has 20 heavy (non-hydrogen) atoms. The zero-order valence-electron chi connectivity index (χ0n) is 11.3. The molecule has 0 radical (unpaired) electrons. The molecule has 0 aromatic carbocycles. The van der Waals surface area contributed by atoms with Gasteiger partial charge in [0.15, 0.2) is 0 Å². The van der Waals surface area contributed by atoms with Crippen LogP contribution in [0.1, 0.15) is 30.9 Å². The Morgan fingerprint density at radius 3 is 2.90 bits per heavy atom. The van der Waals surface area contributed by atoms with E-state index < -0.39 is 0 Å². The van der Waals surface area contributed by atoms with Gasteiger partial charge in [0.05, 0.1) is 12.2 Å². The monoisotopic (exact) mass is 292 g/mol. The summed E-state index contributed by atoms with van der Waals surface area (Å²) in [4.78, 5) is 10.5. The van der Waals surface area contributed by atoms with Gasteiger partial charge in [-0.15, -0.1) is 0 Å². The van der Waals surface area contributed by atoms with Crippen molar-refractivity contribution in [2.75, 3.05) is 17.2 Å². The normalized spacial score (nSPS) is 19.3. The number of nitrogens with zero attached hydrogens (tertiary/aromatic N) is 5. The van der Waals surface area contributed by atoms with Crippen LogP contribution in [0.15, 0.2) is 18.5 Å². The lowest BCUT2D eigenvalue weighted by atomic mass is 9.97. The molecule has 106 valence electrons. The summed E-state index contributed by atoms with van der Waals surface area (Å²) in [6, 6.07) is 2.04. The second kappa shape index (κ2) is 5.28. The van der Waals surface area contributed by atoms with Crippen LogP contribution in [0.2, 0.25) is 5.15 Å². The predicted molar refractivity (Wildman–Crippen MR) is 78.6 cm³/mol. The molecule has 0 unspecified atom stereocenters. The Bertz CT molecular complexity index is 590. The fourth-order valence-electron chi connectivity index (χ4n) is 2.73. The average Bonchev–Trinajstić information content (AvgIpc) is 2.84. The topological polar surface area (TPSA) is 72.9 Å². The molecule has 3 heterocycles. The zero-order chi connectivity index (χ0) is 14.1. The molecule has 0 saturated carbocycles. The van der Waals surface area contributed by atoms with E-state index in [4.69, 9.17) is 17.3 Å². The molecular weight excluding hydrogens is 276 g/mol. The number of rotatable bonds is 2. The smallest absolute Gasteiger partial charge is 0.223 e. The van der Waals surface area contributed by atoms with Crippen LogP contribution < -0.4 is 10.6 Å². The molecule has 0 amide bonds. The average molecular weight is 293 g/mol. The van der Waals surface area contributed by atoms with Gasteiger partial charge in [-0.2, -0.15) is 10.1 Å². The lowest BCUT2D eigenvalue weighted by Gasteiger charge is -2.36. The maximum Gasteiger partial charge on any atom is 0.223 e. The number of piperidine rings is 1. The largest absolute Gasteiger partial charge is 0.368 e. The van der Waals surface area contributed by atoms with E-state index >= 15 is 0 Å². The molecular formula is C13H17ClN6. The van der Waals surface area contributed by atoms with Crippen molar-refractivity contribution >= 4 is 23.4 Å². The standard InChI is InChI=1S/C13H17ClN6/c1-19-8-9(7-16-19)10-4-2-3-5-20(10)12-6-11(14)17-13(15)18-12/h6-8,10H,2-5H2,1H3,(H2,15,17,18)/t10-/m1/s1. The van der Waals surface area contributed by atoms with Gasteiger partial charge in [0.1, 0.15) is 11.0 Å². The third-order valence-electron chi connectivity index (χ3n) is 3.61. The summed E-state index contributed by atoms with van der Waals surface area (Å²) in [5.41, 5.74) is 6.90. The minimum atomic E-state index is 0.211. The van der Waals surface area contributed by atoms with Crippen LogP contribution in [0.5, 0.6) is 0 Å². The van der Waals surface area contributed by atoms with E-state index in [-0.39, 0.29) is 12.0 Å². The van der Waals surface area contributed by atoms with Crippen molar-refractivity contribution in [1.82, 2.24) is 19.7 Å². The number of nitrogens with two attached hydrogens (primary N) is 1. The van der Waals surface area contributed by atoms with Crippen molar-refractivity contribution in [1.29, 1.82) is 0 Å². The molecule has 0 bridgehead atoms. The van der Waals surface area contributed by atoms with Gasteiger partial charge < -0.3 is 10.6 Å². The first-order valence-corrected chi connectivity index (χ1v) is 7.06. The molecule has 3 rings (SSSR count). The fourth-order valence-corrected chi connectivity index (χ4v) is 2.92. The number of hydrogen-bond acceptors (Lipinski definition) is 5. The lowest BCUT2D eigenvalue weighted by molar-refractivity contribution is 0.469. The van der Waals surface area contributed by atoms with Crippen LogP contribution in [0.3, 0.4) is 0 Å². The summed E-state index contributed by atoms with van der Waals surface area (Å²) >= 11 is 5.99. The highest BCUT2D eigenvalue weighted by atomic mass is 35.5. The van der Waals surface area contributed by atoms with Gasteiger partial charge in [-0.05, 0) is 19.3 Å². The first-order valence-electron chi connectivity index (χ1n) is 6.69. The molecule has 2 N–H and O–H groups in total. The van der Waals surface area contributed by atoms with E-state index in [2.05, 4.69) is 26.2 Å². The van der Waals surface area contributed by atoms with Crippen LogP contribution in [0, 0.1) is 0 Å². The Labute approximate surface area is 122 Å². The van der Waals surface area contributed by atoms with Crippen molar-refractivity contribution in [3.05, 3.63) is 29.2 Å². The highest BCUT2D eigenvalue weighted by Gasteiger charge is 2.26. The summed E-state index contributed by atoms with van der Waals surface area (Å²) in [6.07, 6.45) is 7.38. The summed E-state index contributed by atoms with van der Waals surface area (Å²) in [7, 11) is 1.93. The van der Waals surface area contributed by atoms with E-state index in [9.17, 15) is 0 Å². The van der Waals surface area contributed by atoms with Crippen LogP contribution >= 0.6 is 11.6 Å². The number of aryl methyl sites for hydroxylation is 1. The number of aromatic nitrogens is 4. The molecule has 2 aromatic heterocycles. The Hall–Kier alpha value is -1.82. The maximum atomic E-state index is 5.99. The summed E-state index contributed by atoms with van der Waals surface area (Å²) in [5.74, 6) is 0.999.